The summed E-state index contributed by atoms with van der Waals surface area (Å²) in [5.41, 5.74) is 2.77. The molecule has 0 bridgehead atoms. The summed E-state index contributed by atoms with van der Waals surface area (Å²) < 4.78 is 1.83. The van der Waals surface area contributed by atoms with E-state index in [1.54, 1.807) is 12.1 Å². The van der Waals surface area contributed by atoms with Gasteiger partial charge in [0.25, 0.3) is 5.91 Å². The monoisotopic (exact) mass is 532 g/mol. The lowest BCUT2D eigenvalue weighted by Gasteiger charge is -2.16. The van der Waals surface area contributed by atoms with E-state index in [0.29, 0.717) is 22.7 Å². The zero-order valence-electron chi connectivity index (χ0n) is 19.4. The molecule has 0 aliphatic carbocycles. The number of aromatic nitrogens is 1. The number of thioether (sulfide) groups is 1. The molecule has 5 rings (SSSR count). The van der Waals surface area contributed by atoms with Gasteiger partial charge < -0.3 is 5.32 Å². The van der Waals surface area contributed by atoms with Crippen LogP contribution >= 0.6 is 35.0 Å². The molecule has 1 N–H and O–H groups in total. The Morgan fingerprint density at radius 3 is 2.17 bits per heavy atom. The molecule has 0 fully saturated rings. The van der Waals surface area contributed by atoms with Gasteiger partial charge in [-0.05, 0) is 55.0 Å². The quantitative estimate of drug-likeness (QED) is 0.223. The van der Waals surface area contributed by atoms with Gasteiger partial charge in [-0.25, -0.2) is 0 Å². The van der Waals surface area contributed by atoms with Crippen LogP contribution in [0.2, 0.25) is 10.0 Å². The van der Waals surface area contributed by atoms with Gasteiger partial charge in [0, 0.05) is 26.4 Å². The van der Waals surface area contributed by atoms with E-state index in [2.05, 4.69) is 17.4 Å². The fourth-order valence-corrected chi connectivity index (χ4v) is 5.84. The molecule has 1 amide bonds. The number of rotatable bonds is 6. The first-order valence-electron chi connectivity index (χ1n) is 11.5. The van der Waals surface area contributed by atoms with Crippen LogP contribution in [0.3, 0.4) is 0 Å². The van der Waals surface area contributed by atoms with E-state index in [-0.39, 0.29) is 22.1 Å². The second-order valence-corrected chi connectivity index (χ2v) is 10.4. The van der Waals surface area contributed by atoms with Crippen LogP contribution in [-0.2, 0) is 0 Å². The first-order chi connectivity index (χ1) is 17.5. The number of halogens is 2. The van der Waals surface area contributed by atoms with Crippen LogP contribution in [-0.4, -0.2) is 21.6 Å². The summed E-state index contributed by atoms with van der Waals surface area (Å²) >= 11 is 13.6. The van der Waals surface area contributed by atoms with E-state index in [1.165, 1.54) is 17.8 Å². The number of nitrogens with zero attached hydrogens (tertiary/aromatic N) is 1. The smallest absolute Gasteiger partial charge is 0.257 e. The van der Waals surface area contributed by atoms with Crippen LogP contribution in [0.1, 0.15) is 28.5 Å². The standard InChI is InChI=1S/C29H22Cl2N2O2S/c1-2-27(29(35)33-25-12-5-3-10-21(25)22-11-4-6-13-26(22)33)36-20-9-7-8-19(17-20)32-28(34)23-15-14-18(30)16-24(23)31/h3-17,27H,2H2,1H3,(H,32,34). The van der Waals surface area contributed by atoms with Crippen LogP contribution in [0.4, 0.5) is 5.69 Å². The fraction of sp³-hybridized carbons (Fsp3) is 0.103. The predicted octanol–water partition coefficient (Wildman–Crippen LogP) is 8.56. The highest BCUT2D eigenvalue weighted by atomic mass is 35.5. The molecular weight excluding hydrogens is 511 g/mol. The fourth-order valence-electron chi connectivity index (χ4n) is 4.30. The summed E-state index contributed by atoms with van der Waals surface area (Å²) in [6.07, 6.45) is 0.654. The zero-order chi connectivity index (χ0) is 25.2. The minimum absolute atomic E-state index is 0.0299. The summed E-state index contributed by atoms with van der Waals surface area (Å²) in [4.78, 5) is 27.5. The molecule has 0 radical (unpaired) electrons. The average Bonchev–Trinajstić information content (AvgIpc) is 3.21. The highest BCUT2D eigenvalue weighted by molar-refractivity contribution is 8.00. The molecule has 0 aliphatic rings. The first kappa shape index (κ1) is 24.4. The van der Waals surface area contributed by atoms with E-state index in [9.17, 15) is 9.59 Å². The predicted molar refractivity (Wildman–Crippen MR) is 151 cm³/mol. The van der Waals surface area contributed by atoms with Crippen molar-refractivity contribution in [2.75, 3.05) is 5.32 Å². The topological polar surface area (TPSA) is 51.1 Å². The summed E-state index contributed by atoms with van der Waals surface area (Å²) in [5.74, 6) is -0.297. The normalized spacial score (nSPS) is 12.1. The van der Waals surface area contributed by atoms with Gasteiger partial charge in [-0.1, -0.05) is 72.6 Å². The lowest BCUT2D eigenvalue weighted by Crippen LogP contribution is -2.23. The molecule has 5 aromatic rings. The Bertz CT molecular complexity index is 1560. The van der Waals surface area contributed by atoms with E-state index >= 15 is 0 Å². The number of para-hydroxylation sites is 2. The maximum atomic E-state index is 13.8. The van der Waals surface area contributed by atoms with Crippen LogP contribution in [0.15, 0.2) is 95.9 Å². The Morgan fingerprint density at radius 1 is 0.861 bits per heavy atom. The Labute approximate surface area is 223 Å². The van der Waals surface area contributed by atoms with Gasteiger partial charge in [0.15, 0.2) is 0 Å². The van der Waals surface area contributed by atoms with E-state index < -0.39 is 0 Å². The summed E-state index contributed by atoms with van der Waals surface area (Å²) in [6, 6.07) is 28.2. The molecule has 1 atom stereocenters. The van der Waals surface area contributed by atoms with Gasteiger partial charge in [0.2, 0.25) is 5.91 Å². The highest BCUT2D eigenvalue weighted by Gasteiger charge is 2.24. The number of amides is 1. The SMILES string of the molecule is CCC(Sc1cccc(NC(=O)c2ccc(Cl)cc2Cl)c1)C(=O)n1c2ccccc2c2ccccc21. The van der Waals surface area contributed by atoms with Crippen molar-refractivity contribution in [3.63, 3.8) is 0 Å². The highest BCUT2D eigenvalue weighted by Crippen LogP contribution is 2.33. The lowest BCUT2D eigenvalue weighted by molar-refractivity contribution is 0.0918. The third kappa shape index (κ3) is 4.74. The number of carbonyl (C=O) groups excluding carboxylic acids is 2. The van der Waals surface area contributed by atoms with E-state index in [1.807, 2.05) is 72.2 Å². The zero-order valence-corrected chi connectivity index (χ0v) is 21.7. The first-order valence-corrected chi connectivity index (χ1v) is 13.2. The molecule has 1 heterocycles. The van der Waals surface area contributed by atoms with Crippen LogP contribution in [0, 0.1) is 0 Å². The number of hydrogen-bond donors (Lipinski definition) is 1. The second kappa shape index (κ2) is 10.4. The van der Waals surface area contributed by atoms with Crippen molar-refractivity contribution in [3.8, 4) is 0 Å². The van der Waals surface area contributed by atoms with Gasteiger partial charge in [0.05, 0.1) is 26.9 Å². The molecule has 36 heavy (non-hydrogen) atoms. The maximum absolute atomic E-state index is 13.8. The third-order valence-electron chi connectivity index (χ3n) is 5.99. The molecule has 180 valence electrons. The van der Waals surface area contributed by atoms with Crippen molar-refractivity contribution in [2.24, 2.45) is 0 Å². The van der Waals surface area contributed by atoms with Crippen molar-refractivity contribution in [3.05, 3.63) is 107 Å². The third-order valence-corrected chi connectivity index (χ3v) is 7.89. The number of benzene rings is 4. The molecule has 0 aliphatic heterocycles. The van der Waals surface area contributed by atoms with Crippen molar-refractivity contribution >= 4 is 74.3 Å². The molecule has 4 aromatic carbocycles. The van der Waals surface area contributed by atoms with Crippen LogP contribution in [0.25, 0.3) is 21.8 Å². The number of carbonyl (C=O) groups is 2. The molecule has 1 aromatic heterocycles. The molecule has 0 saturated heterocycles. The van der Waals surface area contributed by atoms with Crippen LogP contribution in [0.5, 0.6) is 0 Å². The minimum atomic E-state index is -0.327. The molecule has 0 spiro atoms. The van der Waals surface area contributed by atoms with Crippen molar-refractivity contribution < 1.29 is 9.59 Å². The van der Waals surface area contributed by atoms with Crippen molar-refractivity contribution in [1.82, 2.24) is 4.57 Å². The second-order valence-electron chi connectivity index (χ2n) is 8.33. The van der Waals surface area contributed by atoms with Crippen molar-refractivity contribution in [1.29, 1.82) is 0 Å². The molecule has 1 unspecified atom stereocenters. The lowest BCUT2D eigenvalue weighted by atomic mass is 10.2. The summed E-state index contributed by atoms with van der Waals surface area (Å²) in [6.45, 7) is 2.01. The Hall–Kier alpha value is -3.25. The largest absolute Gasteiger partial charge is 0.322 e. The van der Waals surface area contributed by atoms with E-state index in [4.69, 9.17) is 23.2 Å². The van der Waals surface area contributed by atoms with Gasteiger partial charge >= 0.3 is 0 Å². The number of fused-ring (bicyclic) bond motifs is 3. The van der Waals surface area contributed by atoms with Gasteiger partial charge in [-0.3, -0.25) is 14.2 Å². The van der Waals surface area contributed by atoms with Gasteiger partial charge in [-0.2, -0.15) is 0 Å². The average molecular weight is 533 g/mol. The summed E-state index contributed by atoms with van der Waals surface area (Å²) in [5, 5.41) is 5.46. The van der Waals surface area contributed by atoms with Crippen LogP contribution < -0.4 is 5.32 Å². The maximum Gasteiger partial charge on any atom is 0.257 e. The number of hydrogen-bond acceptors (Lipinski definition) is 3. The number of anilines is 1. The Balaban J connectivity index is 1.41. The van der Waals surface area contributed by atoms with Gasteiger partial charge in [-0.15, -0.1) is 11.8 Å². The summed E-state index contributed by atoms with van der Waals surface area (Å²) in [7, 11) is 0. The molecule has 7 heteroatoms. The van der Waals surface area contributed by atoms with Crippen molar-refractivity contribution in [2.45, 2.75) is 23.5 Å². The Morgan fingerprint density at radius 2 is 1.53 bits per heavy atom. The Kier molecular flexibility index (Phi) is 7.06. The molecule has 4 nitrogen and oxygen atoms in total. The van der Waals surface area contributed by atoms with Gasteiger partial charge in [0.1, 0.15) is 0 Å². The van der Waals surface area contributed by atoms with E-state index in [0.717, 1.165) is 26.7 Å². The molecular formula is C29H22Cl2N2O2S. The minimum Gasteiger partial charge on any atom is -0.322 e. The number of nitrogens with one attached hydrogen (secondary N) is 1. The molecule has 0 saturated carbocycles.